The molecule has 0 spiro atoms. The average molecular weight is 842 g/mol. The quantitative estimate of drug-likeness (QED) is 0.0419. The standard InChI is InChI=1S/C43H51N7O9S/c1-43(2,3)26-22-34(39(58-5)35(23-26)50-60(6,55)56)49-42(54)48-33-17-18-36(30-13-10-9-12-29(30)33)59-28-19-21-45-38(25-28)47-27-15-16-31(37(24-27)57-4)40(51)46-20-11-7-8-14-32(44)41(52)53/h9-10,12-13,15-19,21-25,32,50H,7-8,11,14,20,44H2,1-6H3,(H,45,47)(H,46,51)(H,52,53)(H2,48,49,54)/t32-/m0/s1. The molecule has 4 aromatic carbocycles. The number of benzene rings is 4. The van der Waals surface area contributed by atoms with Crippen molar-refractivity contribution in [1.82, 2.24) is 10.3 Å². The number of hydrogen-bond donors (Lipinski definition) is 7. The van der Waals surface area contributed by atoms with E-state index in [1.54, 1.807) is 60.8 Å². The van der Waals surface area contributed by atoms with Crippen molar-refractivity contribution < 1.29 is 42.1 Å². The number of nitrogens with zero attached hydrogens (tertiary/aromatic N) is 1. The molecule has 0 aliphatic rings. The van der Waals surface area contributed by atoms with Gasteiger partial charge in [0.05, 0.1) is 43.1 Å². The van der Waals surface area contributed by atoms with Gasteiger partial charge in [0.25, 0.3) is 5.91 Å². The first kappa shape index (κ1) is 44.5. The van der Waals surface area contributed by atoms with E-state index in [4.69, 9.17) is 25.1 Å². The maximum absolute atomic E-state index is 13.5. The Morgan fingerprint density at radius 2 is 1.55 bits per heavy atom. The van der Waals surface area contributed by atoms with Gasteiger partial charge in [-0.3, -0.25) is 14.3 Å². The maximum Gasteiger partial charge on any atom is 0.323 e. The van der Waals surface area contributed by atoms with Crippen molar-refractivity contribution in [3.8, 4) is 23.0 Å². The predicted molar refractivity (Wildman–Crippen MR) is 234 cm³/mol. The summed E-state index contributed by atoms with van der Waals surface area (Å²) in [6.45, 7) is 6.34. The van der Waals surface area contributed by atoms with Crippen molar-refractivity contribution in [2.45, 2.75) is 57.9 Å². The Morgan fingerprint density at radius 1 is 0.833 bits per heavy atom. The first-order valence-corrected chi connectivity index (χ1v) is 21.0. The number of anilines is 5. The van der Waals surface area contributed by atoms with Gasteiger partial charge in [0.1, 0.15) is 29.1 Å². The molecule has 318 valence electrons. The molecule has 0 bridgehead atoms. The molecular formula is C43H51N7O9S. The molecular weight excluding hydrogens is 791 g/mol. The summed E-state index contributed by atoms with van der Waals surface area (Å²) in [5.74, 6) is 0.662. The molecule has 16 nitrogen and oxygen atoms in total. The number of amides is 3. The maximum atomic E-state index is 13.5. The number of aromatic nitrogens is 1. The molecule has 3 amide bonds. The zero-order valence-electron chi connectivity index (χ0n) is 34.3. The number of ether oxygens (including phenoxy) is 3. The van der Waals surface area contributed by atoms with Crippen LogP contribution in [0.4, 0.5) is 33.4 Å². The minimum atomic E-state index is -3.65. The Balaban J connectivity index is 1.27. The summed E-state index contributed by atoms with van der Waals surface area (Å²) in [5, 5.41) is 22.2. The van der Waals surface area contributed by atoms with Crippen LogP contribution in [-0.2, 0) is 20.2 Å². The van der Waals surface area contributed by atoms with Crippen molar-refractivity contribution in [3.63, 3.8) is 0 Å². The zero-order chi connectivity index (χ0) is 43.6. The topological polar surface area (TPSA) is 232 Å². The second-order valence-electron chi connectivity index (χ2n) is 15.0. The minimum absolute atomic E-state index is 0.157. The number of nitrogens with one attached hydrogen (secondary N) is 5. The van der Waals surface area contributed by atoms with Crippen LogP contribution in [0.5, 0.6) is 23.0 Å². The van der Waals surface area contributed by atoms with Crippen molar-refractivity contribution in [2.75, 3.05) is 47.7 Å². The number of carboxylic acid groups (broad SMARTS) is 1. The lowest BCUT2D eigenvalue weighted by Crippen LogP contribution is -2.29. The van der Waals surface area contributed by atoms with Gasteiger partial charge in [-0.15, -0.1) is 0 Å². The number of carboxylic acids is 1. The molecule has 0 fully saturated rings. The normalized spacial score (nSPS) is 11.9. The number of unbranched alkanes of at least 4 members (excludes halogenated alkanes) is 2. The van der Waals surface area contributed by atoms with Crippen LogP contribution in [0.1, 0.15) is 62.4 Å². The van der Waals surface area contributed by atoms with Crippen molar-refractivity contribution >= 4 is 67.3 Å². The lowest BCUT2D eigenvalue weighted by molar-refractivity contribution is -0.138. The van der Waals surface area contributed by atoms with Gasteiger partial charge >= 0.3 is 12.0 Å². The van der Waals surface area contributed by atoms with E-state index in [1.165, 1.54) is 14.2 Å². The van der Waals surface area contributed by atoms with Crippen molar-refractivity contribution in [3.05, 3.63) is 96.2 Å². The highest BCUT2D eigenvalue weighted by Gasteiger charge is 2.23. The number of sulfonamides is 1. The smallest absolute Gasteiger partial charge is 0.323 e. The van der Waals surface area contributed by atoms with Crippen LogP contribution in [-0.4, -0.2) is 69.5 Å². The van der Waals surface area contributed by atoms with E-state index in [2.05, 4.69) is 31.0 Å². The number of fused-ring (bicyclic) bond motifs is 1. The van der Waals surface area contributed by atoms with E-state index in [9.17, 15) is 22.8 Å². The molecule has 0 radical (unpaired) electrons. The fourth-order valence-electron chi connectivity index (χ4n) is 6.26. The highest BCUT2D eigenvalue weighted by atomic mass is 32.2. The number of rotatable bonds is 18. The first-order valence-electron chi connectivity index (χ1n) is 19.1. The molecule has 17 heteroatoms. The average Bonchev–Trinajstić information content (AvgIpc) is 3.19. The van der Waals surface area contributed by atoms with E-state index in [1.807, 2.05) is 45.0 Å². The number of aliphatic carboxylic acids is 1. The van der Waals surface area contributed by atoms with Gasteiger partial charge in [-0.05, 0) is 66.3 Å². The first-order chi connectivity index (χ1) is 28.4. The van der Waals surface area contributed by atoms with Gasteiger partial charge in [-0.1, -0.05) is 57.9 Å². The molecule has 0 aliphatic heterocycles. The van der Waals surface area contributed by atoms with Crippen LogP contribution in [0.3, 0.4) is 0 Å². The Bertz CT molecular complexity index is 2470. The third-order valence-electron chi connectivity index (χ3n) is 9.31. The van der Waals surface area contributed by atoms with Gasteiger partial charge < -0.3 is 46.3 Å². The SMILES string of the molecule is COc1cc(Nc2cc(Oc3ccc(NC(=O)Nc4cc(C(C)(C)C)cc(NS(C)(=O)=O)c4OC)c4ccccc34)ccn2)ccc1C(=O)NCCCCC[C@H](N)C(=O)O. The van der Waals surface area contributed by atoms with E-state index >= 15 is 0 Å². The highest BCUT2D eigenvalue weighted by molar-refractivity contribution is 7.92. The molecule has 1 heterocycles. The molecule has 1 atom stereocenters. The van der Waals surface area contributed by atoms with Crippen LogP contribution < -0.4 is 45.9 Å². The molecule has 0 aliphatic carbocycles. The lowest BCUT2D eigenvalue weighted by atomic mass is 9.86. The monoisotopic (exact) mass is 841 g/mol. The van der Waals surface area contributed by atoms with Crippen LogP contribution in [0.25, 0.3) is 10.8 Å². The number of urea groups is 1. The number of pyridine rings is 1. The second kappa shape index (κ2) is 19.4. The Kier molecular flexibility index (Phi) is 14.4. The summed E-state index contributed by atoms with van der Waals surface area (Å²) in [7, 11) is -0.781. The van der Waals surface area contributed by atoms with Crippen LogP contribution in [0.2, 0.25) is 0 Å². The number of nitrogens with two attached hydrogens (primary N) is 1. The summed E-state index contributed by atoms with van der Waals surface area (Å²) in [6.07, 6.45) is 5.08. The number of methoxy groups -OCH3 is 2. The van der Waals surface area contributed by atoms with Gasteiger partial charge in [-0.2, -0.15) is 0 Å². The van der Waals surface area contributed by atoms with E-state index < -0.39 is 28.1 Å². The molecule has 8 N–H and O–H groups in total. The number of hydrogen-bond acceptors (Lipinski definition) is 11. The fourth-order valence-corrected chi connectivity index (χ4v) is 6.81. The molecule has 5 rings (SSSR count). The summed E-state index contributed by atoms with van der Waals surface area (Å²) < 4.78 is 44.2. The Hall–Kier alpha value is -6.59. The van der Waals surface area contributed by atoms with Crippen molar-refractivity contribution in [1.29, 1.82) is 0 Å². The van der Waals surface area contributed by atoms with Crippen molar-refractivity contribution in [2.24, 2.45) is 5.73 Å². The summed E-state index contributed by atoms with van der Waals surface area (Å²) in [5.41, 5.74) is 7.88. The lowest BCUT2D eigenvalue weighted by Gasteiger charge is -2.24. The summed E-state index contributed by atoms with van der Waals surface area (Å²) >= 11 is 0. The van der Waals surface area contributed by atoms with Crippen LogP contribution in [0, 0.1) is 0 Å². The molecule has 1 aromatic heterocycles. The minimum Gasteiger partial charge on any atom is -0.496 e. The summed E-state index contributed by atoms with van der Waals surface area (Å²) in [4.78, 5) is 41.7. The Morgan fingerprint density at radius 3 is 2.23 bits per heavy atom. The van der Waals surface area contributed by atoms with E-state index in [-0.39, 0.29) is 28.4 Å². The van der Waals surface area contributed by atoms with Crippen LogP contribution in [0.15, 0.2) is 85.1 Å². The van der Waals surface area contributed by atoms with E-state index in [0.717, 1.165) is 23.6 Å². The molecule has 0 unspecified atom stereocenters. The third kappa shape index (κ3) is 12.0. The zero-order valence-corrected chi connectivity index (χ0v) is 35.2. The van der Waals surface area contributed by atoms with Gasteiger partial charge in [0.15, 0.2) is 5.75 Å². The molecule has 0 saturated heterocycles. The summed E-state index contributed by atoms with van der Waals surface area (Å²) in [6, 6.07) is 21.4. The fraction of sp³-hybridized carbons (Fsp3) is 0.302. The highest BCUT2D eigenvalue weighted by Crippen LogP contribution is 2.40. The largest absolute Gasteiger partial charge is 0.496 e. The van der Waals surface area contributed by atoms with Gasteiger partial charge in [0.2, 0.25) is 10.0 Å². The molecule has 5 aromatic rings. The molecule has 0 saturated carbocycles. The van der Waals surface area contributed by atoms with Gasteiger partial charge in [-0.25, -0.2) is 18.2 Å². The van der Waals surface area contributed by atoms with Gasteiger partial charge in [0, 0.05) is 41.3 Å². The predicted octanol–water partition coefficient (Wildman–Crippen LogP) is 7.80. The molecule has 60 heavy (non-hydrogen) atoms. The van der Waals surface area contributed by atoms with Crippen LogP contribution >= 0.6 is 0 Å². The second-order valence-corrected chi connectivity index (χ2v) is 16.8. The van der Waals surface area contributed by atoms with E-state index in [0.29, 0.717) is 71.2 Å². The third-order valence-corrected chi connectivity index (χ3v) is 9.90. The number of carbonyl (C=O) groups is 3. The number of carbonyl (C=O) groups excluding carboxylic acids is 2. The Labute approximate surface area is 349 Å².